The van der Waals surface area contributed by atoms with Gasteiger partial charge in [-0.2, -0.15) is 0 Å². The van der Waals surface area contributed by atoms with Crippen LogP contribution in [-0.2, 0) is 0 Å². The molecule has 0 saturated carbocycles. The number of pyridine rings is 1. The molecule has 0 atom stereocenters. The van der Waals surface area contributed by atoms with Crippen LogP contribution in [0.1, 0.15) is 16.2 Å². The van der Waals surface area contributed by atoms with Crippen molar-refractivity contribution in [2.45, 2.75) is 6.92 Å². The molecule has 0 aliphatic rings. The summed E-state index contributed by atoms with van der Waals surface area (Å²) in [5.74, 6) is 0.202. The number of benzene rings is 1. The molecule has 0 aliphatic carbocycles. The Labute approximate surface area is 113 Å². The molecule has 0 radical (unpaired) electrons. The molecule has 2 heterocycles. The lowest BCUT2D eigenvalue weighted by molar-refractivity contribution is 0.102. The summed E-state index contributed by atoms with van der Waals surface area (Å²) in [7, 11) is 0. The molecule has 100 valence electrons. The Balaban J connectivity index is 1.94. The number of oxazole rings is 1. The van der Waals surface area contributed by atoms with Gasteiger partial charge >= 0.3 is 0 Å². The minimum Gasteiger partial charge on any atom is -0.439 e. The minimum absolute atomic E-state index is 0.255. The fourth-order valence-corrected chi connectivity index (χ4v) is 1.91. The number of anilines is 1. The van der Waals surface area contributed by atoms with Crippen LogP contribution in [0, 0.1) is 6.92 Å². The molecule has 1 aromatic carbocycles. The van der Waals surface area contributed by atoms with Crippen molar-refractivity contribution in [3.63, 3.8) is 0 Å². The summed E-state index contributed by atoms with van der Waals surface area (Å²) in [6, 6.07) is 8.08. The first-order chi connectivity index (χ1) is 9.63. The summed E-state index contributed by atoms with van der Waals surface area (Å²) in [6.45, 7) is 1.74. The first-order valence-corrected chi connectivity index (χ1v) is 6.00. The number of aryl methyl sites for hydroxylation is 1. The molecule has 0 bridgehead atoms. The molecule has 6 nitrogen and oxygen atoms in total. The van der Waals surface area contributed by atoms with Crippen molar-refractivity contribution in [3.05, 3.63) is 58.3 Å². The lowest BCUT2D eigenvalue weighted by Crippen LogP contribution is -2.14. The van der Waals surface area contributed by atoms with E-state index in [9.17, 15) is 9.59 Å². The molecule has 2 aromatic heterocycles. The average molecular weight is 269 g/mol. The van der Waals surface area contributed by atoms with E-state index < -0.39 is 0 Å². The zero-order valence-electron chi connectivity index (χ0n) is 10.6. The van der Waals surface area contributed by atoms with Crippen molar-refractivity contribution >= 4 is 22.7 Å². The van der Waals surface area contributed by atoms with Gasteiger partial charge in [-0.25, -0.2) is 4.98 Å². The lowest BCUT2D eigenvalue weighted by atomic mass is 10.2. The van der Waals surface area contributed by atoms with E-state index in [2.05, 4.69) is 15.3 Å². The number of H-pyrrole nitrogens is 1. The van der Waals surface area contributed by atoms with Gasteiger partial charge in [0.05, 0.1) is 11.3 Å². The van der Waals surface area contributed by atoms with Gasteiger partial charge in [-0.15, -0.1) is 0 Å². The molecule has 0 saturated heterocycles. The van der Waals surface area contributed by atoms with Gasteiger partial charge in [0.25, 0.3) is 5.91 Å². The van der Waals surface area contributed by atoms with Crippen molar-refractivity contribution in [2.75, 3.05) is 5.32 Å². The molecule has 0 spiro atoms. The molecule has 1 amide bonds. The molecule has 6 heteroatoms. The molecule has 20 heavy (non-hydrogen) atoms. The maximum atomic E-state index is 12.1. The third-order valence-electron chi connectivity index (χ3n) is 2.82. The van der Waals surface area contributed by atoms with Crippen molar-refractivity contribution in [3.8, 4) is 0 Å². The lowest BCUT2D eigenvalue weighted by Gasteiger charge is -2.04. The van der Waals surface area contributed by atoms with Crippen molar-refractivity contribution in [1.82, 2.24) is 9.97 Å². The summed E-state index contributed by atoms with van der Waals surface area (Å²) < 4.78 is 5.47. The van der Waals surface area contributed by atoms with Crippen LogP contribution in [-0.4, -0.2) is 15.9 Å². The van der Waals surface area contributed by atoms with E-state index in [1.807, 2.05) is 6.07 Å². The predicted molar refractivity (Wildman–Crippen MR) is 73.8 cm³/mol. The second-order valence-electron chi connectivity index (χ2n) is 4.28. The van der Waals surface area contributed by atoms with E-state index in [1.54, 1.807) is 19.1 Å². The van der Waals surface area contributed by atoms with Gasteiger partial charge in [-0.05, 0) is 18.2 Å². The van der Waals surface area contributed by atoms with Crippen molar-refractivity contribution < 1.29 is 9.21 Å². The zero-order valence-corrected chi connectivity index (χ0v) is 10.6. The van der Waals surface area contributed by atoms with E-state index in [1.165, 1.54) is 18.3 Å². The van der Waals surface area contributed by atoms with E-state index in [-0.39, 0.29) is 11.5 Å². The van der Waals surface area contributed by atoms with Crippen LogP contribution < -0.4 is 10.9 Å². The molecular formula is C14H11N3O3. The Morgan fingerprint density at radius 3 is 2.90 bits per heavy atom. The van der Waals surface area contributed by atoms with Crippen LogP contribution in [0.15, 0.2) is 45.7 Å². The Hall–Kier alpha value is -2.89. The number of para-hydroxylation sites is 1. The van der Waals surface area contributed by atoms with Crippen LogP contribution in [0.25, 0.3) is 11.1 Å². The smallest absolute Gasteiger partial charge is 0.257 e. The summed E-state index contributed by atoms with van der Waals surface area (Å²) in [6.07, 6.45) is 1.36. The van der Waals surface area contributed by atoms with E-state index in [0.29, 0.717) is 28.2 Å². The van der Waals surface area contributed by atoms with Crippen LogP contribution in [0.5, 0.6) is 0 Å². The van der Waals surface area contributed by atoms with E-state index >= 15 is 0 Å². The Morgan fingerprint density at radius 2 is 2.15 bits per heavy atom. The van der Waals surface area contributed by atoms with Crippen molar-refractivity contribution in [1.29, 1.82) is 0 Å². The number of nitrogens with zero attached hydrogens (tertiary/aromatic N) is 1. The number of fused-ring (bicyclic) bond motifs is 1. The number of nitrogens with one attached hydrogen (secondary N) is 2. The molecule has 2 N–H and O–H groups in total. The highest BCUT2D eigenvalue weighted by Gasteiger charge is 2.11. The standard InChI is InChI=1S/C14H11N3O3/c1-8-16-10-3-2-4-11(13(10)20-8)17-14(19)9-5-6-12(18)15-7-9/h2-7H,1H3,(H,15,18)(H,17,19). The van der Waals surface area contributed by atoms with Gasteiger partial charge in [-0.3, -0.25) is 9.59 Å². The SMILES string of the molecule is Cc1nc2cccc(NC(=O)c3ccc(=O)[nH]c3)c2o1. The van der Waals surface area contributed by atoms with Crippen molar-refractivity contribution in [2.24, 2.45) is 0 Å². The number of rotatable bonds is 2. The van der Waals surface area contributed by atoms with Gasteiger partial charge < -0.3 is 14.7 Å². The van der Waals surface area contributed by atoms with Crippen LogP contribution in [0.2, 0.25) is 0 Å². The number of carbonyl (C=O) groups is 1. The maximum Gasteiger partial charge on any atom is 0.257 e. The summed E-state index contributed by atoms with van der Waals surface area (Å²) >= 11 is 0. The highest BCUT2D eigenvalue weighted by atomic mass is 16.3. The Morgan fingerprint density at radius 1 is 1.30 bits per heavy atom. The fraction of sp³-hybridized carbons (Fsp3) is 0.0714. The number of carbonyl (C=O) groups excluding carboxylic acids is 1. The number of aromatic nitrogens is 2. The predicted octanol–water partition coefficient (Wildman–Crippen LogP) is 2.08. The average Bonchev–Trinajstić information content (AvgIpc) is 2.81. The monoisotopic (exact) mass is 269 g/mol. The maximum absolute atomic E-state index is 12.1. The number of aromatic amines is 1. The van der Waals surface area contributed by atoms with Gasteiger partial charge in [0.15, 0.2) is 11.5 Å². The quantitative estimate of drug-likeness (QED) is 0.745. The Bertz CT molecular complexity index is 828. The van der Waals surface area contributed by atoms with Crippen LogP contribution in [0.3, 0.4) is 0 Å². The second-order valence-corrected chi connectivity index (χ2v) is 4.28. The molecule has 0 unspecified atom stereocenters. The zero-order chi connectivity index (χ0) is 14.1. The van der Waals surface area contributed by atoms with E-state index in [0.717, 1.165) is 0 Å². The summed E-state index contributed by atoms with van der Waals surface area (Å²) in [5.41, 5.74) is 1.86. The topological polar surface area (TPSA) is 88.0 Å². The molecule has 0 fully saturated rings. The highest BCUT2D eigenvalue weighted by molar-refractivity contribution is 6.07. The number of hydrogen-bond donors (Lipinski definition) is 2. The minimum atomic E-state index is -0.331. The first-order valence-electron chi connectivity index (χ1n) is 6.00. The van der Waals surface area contributed by atoms with Gasteiger partial charge in [-0.1, -0.05) is 6.07 Å². The molecular weight excluding hydrogens is 258 g/mol. The second kappa shape index (κ2) is 4.65. The fourth-order valence-electron chi connectivity index (χ4n) is 1.91. The normalized spacial score (nSPS) is 10.7. The third kappa shape index (κ3) is 2.18. The van der Waals surface area contributed by atoms with Gasteiger partial charge in [0.1, 0.15) is 5.52 Å². The van der Waals surface area contributed by atoms with E-state index in [4.69, 9.17) is 4.42 Å². The number of hydrogen-bond acceptors (Lipinski definition) is 4. The Kier molecular flexibility index (Phi) is 2.83. The summed E-state index contributed by atoms with van der Waals surface area (Å²) in [5, 5.41) is 2.74. The van der Waals surface area contributed by atoms with Gasteiger partial charge in [0, 0.05) is 19.2 Å². The largest absolute Gasteiger partial charge is 0.439 e. The first kappa shape index (κ1) is 12.2. The van der Waals surface area contributed by atoms with Crippen LogP contribution >= 0.6 is 0 Å². The molecule has 3 aromatic rings. The third-order valence-corrected chi connectivity index (χ3v) is 2.82. The van der Waals surface area contributed by atoms with Crippen LogP contribution in [0.4, 0.5) is 5.69 Å². The number of amides is 1. The summed E-state index contributed by atoms with van der Waals surface area (Å²) in [4.78, 5) is 29.7. The highest BCUT2D eigenvalue weighted by Crippen LogP contribution is 2.24. The molecule has 3 rings (SSSR count). The van der Waals surface area contributed by atoms with Gasteiger partial charge in [0.2, 0.25) is 5.56 Å². The molecule has 0 aliphatic heterocycles.